The Morgan fingerprint density at radius 1 is 1.14 bits per heavy atom. The average Bonchev–Trinajstić information content (AvgIpc) is 2.66. The van der Waals surface area contributed by atoms with E-state index in [9.17, 15) is 27.9 Å². The predicted octanol–water partition coefficient (Wildman–Crippen LogP) is 3.70. The number of hydrogen-bond acceptors (Lipinski definition) is 4. The van der Waals surface area contributed by atoms with Crippen LogP contribution in [0.2, 0.25) is 0 Å². The number of carbonyl (C=O) groups excluding carboxylic acids is 2. The Morgan fingerprint density at radius 3 is 2.46 bits per heavy atom. The Balaban J connectivity index is 2.21. The average molecular weight is 396 g/mol. The molecule has 2 aromatic rings. The van der Waals surface area contributed by atoms with Crippen LogP contribution < -0.4 is 15.4 Å². The number of amides is 2. The number of aromatic hydroxyl groups is 1. The summed E-state index contributed by atoms with van der Waals surface area (Å²) in [6.07, 6.45) is -4.40. The van der Waals surface area contributed by atoms with Crippen LogP contribution in [0.5, 0.6) is 11.5 Å². The molecule has 0 unspecified atom stereocenters. The Labute approximate surface area is 159 Å². The minimum atomic E-state index is -4.62. The van der Waals surface area contributed by atoms with Gasteiger partial charge < -0.3 is 20.5 Å². The van der Waals surface area contributed by atoms with Gasteiger partial charge in [0.05, 0.1) is 18.2 Å². The lowest BCUT2D eigenvalue weighted by molar-refractivity contribution is -0.138. The Kier molecular flexibility index (Phi) is 6.50. The molecule has 0 heterocycles. The maximum atomic E-state index is 13.2. The van der Waals surface area contributed by atoms with E-state index in [1.165, 1.54) is 37.4 Å². The monoisotopic (exact) mass is 396 g/mol. The van der Waals surface area contributed by atoms with Crippen molar-refractivity contribution in [3.8, 4) is 11.5 Å². The number of carbonyl (C=O) groups is 2. The van der Waals surface area contributed by atoms with Crippen molar-refractivity contribution in [2.24, 2.45) is 0 Å². The smallest absolute Gasteiger partial charge is 0.416 e. The molecule has 0 saturated carbocycles. The van der Waals surface area contributed by atoms with E-state index < -0.39 is 24.2 Å². The zero-order valence-electron chi connectivity index (χ0n) is 15.2. The second-order valence-corrected chi connectivity index (χ2v) is 5.84. The van der Waals surface area contributed by atoms with E-state index in [1.54, 1.807) is 6.92 Å². The number of anilines is 1. The second kappa shape index (κ2) is 8.64. The molecule has 0 atom stereocenters. The van der Waals surface area contributed by atoms with Crippen LogP contribution in [0.3, 0.4) is 0 Å². The third-order valence-electron chi connectivity index (χ3n) is 3.91. The molecule has 0 bridgehead atoms. The first-order valence-corrected chi connectivity index (χ1v) is 8.31. The SMILES string of the molecule is CCC(=O)Nc1ccc(O)c(C(=O)NCc2ccc(OC)cc2C(F)(F)F)c1. The minimum Gasteiger partial charge on any atom is -0.507 e. The van der Waals surface area contributed by atoms with E-state index in [0.29, 0.717) is 0 Å². The summed E-state index contributed by atoms with van der Waals surface area (Å²) in [5.41, 5.74) is -0.969. The van der Waals surface area contributed by atoms with Gasteiger partial charge in [0.15, 0.2) is 0 Å². The van der Waals surface area contributed by atoms with E-state index >= 15 is 0 Å². The van der Waals surface area contributed by atoms with Crippen molar-refractivity contribution in [3.05, 3.63) is 53.1 Å². The summed E-state index contributed by atoms with van der Waals surface area (Å²) in [6, 6.07) is 7.28. The minimum absolute atomic E-state index is 0.0411. The van der Waals surface area contributed by atoms with Crippen LogP contribution in [-0.4, -0.2) is 24.0 Å². The number of benzene rings is 2. The van der Waals surface area contributed by atoms with Crippen molar-refractivity contribution in [1.82, 2.24) is 5.32 Å². The van der Waals surface area contributed by atoms with E-state index in [2.05, 4.69) is 10.6 Å². The van der Waals surface area contributed by atoms with E-state index in [4.69, 9.17) is 4.74 Å². The summed E-state index contributed by atoms with van der Waals surface area (Å²) in [5, 5.41) is 14.8. The molecule has 0 aliphatic heterocycles. The maximum Gasteiger partial charge on any atom is 0.416 e. The zero-order chi connectivity index (χ0) is 20.9. The Bertz CT molecular complexity index is 882. The van der Waals surface area contributed by atoms with E-state index in [1.807, 2.05) is 0 Å². The molecule has 0 fully saturated rings. The van der Waals surface area contributed by atoms with Crippen LogP contribution in [0.4, 0.5) is 18.9 Å². The predicted molar refractivity (Wildman–Crippen MR) is 96.2 cm³/mol. The van der Waals surface area contributed by atoms with Gasteiger partial charge in [-0.2, -0.15) is 13.2 Å². The number of methoxy groups -OCH3 is 1. The molecular weight excluding hydrogens is 377 g/mol. The molecule has 9 heteroatoms. The zero-order valence-corrected chi connectivity index (χ0v) is 15.2. The number of phenols is 1. The van der Waals surface area contributed by atoms with Gasteiger partial charge in [-0.05, 0) is 35.9 Å². The Hall–Kier alpha value is -3.23. The number of halogens is 3. The lowest BCUT2D eigenvalue weighted by atomic mass is 10.1. The molecule has 2 amide bonds. The summed E-state index contributed by atoms with van der Waals surface area (Å²) in [5.74, 6) is -1.39. The fourth-order valence-corrected chi connectivity index (χ4v) is 2.42. The van der Waals surface area contributed by atoms with Crippen molar-refractivity contribution < 1.29 is 32.6 Å². The molecule has 0 radical (unpaired) electrons. The number of ether oxygens (including phenoxy) is 1. The maximum absolute atomic E-state index is 13.2. The normalized spacial score (nSPS) is 11.0. The van der Waals surface area contributed by atoms with Gasteiger partial charge in [-0.1, -0.05) is 13.0 Å². The van der Waals surface area contributed by atoms with Gasteiger partial charge in [-0.25, -0.2) is 0 Å². The van der Waals surface area contributed by atoms with Crippen molar-refractivity contribution in [2.45, 2.75) is 26.1 Å². The van der Waals surface area contributed by atoms with Crippen molar-refractivity contribution in [3.63, 3.8) is 0 Å². The van der Waals surface area contributed by atoms with Crippen LogP contribution in [0.1, 0.15) is 34.8 Å². The molecule has 6 nitrogen and oxygen atoms in total. The van der Waals surface area contributed by atoms with Gasteiger partial charge >= 0.3 is 6.18 Å². The van der Waals surface area contributed by atoms with Crippen molar-refractivity contribution in [2.75, 3.05) is 12.4 Å². The van der Waals surface area contributed by atoms with Gasteiger partial charge in [0.2, 0.25) is 5.91 Å². The molecule has 2 aromatic carbocycles. The fraction of sp³-hybridized carbons (Fsp3) is 0.263. The summed E-state index contributed by atoms with van der Waals surface area (Å²) in [4.78, 5) is 23.8. The number of rotatable bonds is 6. The lowest BCUT2D eigenvalue weighted by Crippen LogP contribution is -2.25. The van der Waals surface area contributed by atoms with Crippen LogP contribution >= 0.6 is 0 Å². The molecule has 28 heavy (non-hydrogen) atoms. The first-order valence-electron chi connectivity index (χ1n) is 8.31. The van der Waals surface area contributed by atoms with E-state index in [0.717, 1.165) is 6.07 Å². The Morgan fingerprint density at radius 2 is 1.86 bits per heavy atom. The van der Waals surface area contributed by atoms with E-state index in [-0.39, 0.29) is 40.6 Å². The highest BCUT2D eigenvalue weighted by molar-refractivity contribution is 5.99. The molecule has 0 aromatic heterocycles. The fourth-order valence-electron chi connectivity index (χ4n) is 2.42. The molecular formula is C19H19F3N2O4. The largest absolute Gasteiger partial charge is 0.507 e. The van der Waals surface area contributed by atoms with Crippen molar-refractivity contribution >= 4 is 17.5 Å². The summed E-state index contributed by atoms with van der Waals surface area (Å²) >= 11 is 0. The highest BCUT2D eigenvalue weighted by atomic mass is 19.4. The molecule has 150 valence electrons. The topological polar surface area (TPSA) is 87.7 Å². The summed E-state index contributed by atoms with van der Waals surface area (Å²) in [6.45, 7) is 1.24. The highest BCUT2D eigenvalue weighted by Crippen LogP contribution is 2.34. The molecule has 0 saturated heterocycles. The van der Waals surface area contributed by atoms with Crippen LogP contribution in [-0.2, 0) is 17.5 Å². The first-order chi connectivity index (χ1) is 13.2. The summed E-state index contributed by atoms with van der Waals surface area (Å²) in [7, 11) is 1.25. The molecule has 0 aliphatic carbocycles. The van der Waals surface area contributed by atoms with Gasteiger partial charge in [-0.15, -0.1) is 0 Å². The molecule has 0 aliphatic rings. The third kappa shape index (κ3) is 5.15. The van der Waals surface area contributed by atoms with Crippen LogP contribution in [0.25, 0.3) is 0 Å². The van der Waals surface area contributed by atoms with Gasteiger partial charge in [-0.3, -0.25) is 9.59 Å². The number of nitrogens with one attached hydrogen (secondary N) is 2. The number of alkyl halides is 3. The third-order valence-corrected chi connectivity index (χ3v) is 3.91. The first kappa shape index (κ1) is 21.1. The van der Waals surface area contributed by atoms with Gasteiger partial charge in [0, 0.05) is 18.7 Å². The molecule has 3 N–H and O–H groups in total. The quantitative estimate of drug-likeness (QED) is 0.650. The van der Waals surface area contributed by atoms with Gasteiger partial charge in [0.1, 0.15) is 11.5 Å². The standard InChI is InChI=1S/C19H19F3N2O4/c1-3-17(26)24-12-5-7-16(25)14(8-12)18(27)23-10-11-4-6-13(28-2)9-15(11)19(20,21)22/h4-9,25H,3,10H2,1-2H3,(H,23,27)(H,24,26). The second-order valence-electron chi connectivity index (χ2n) is 5.84. The van der Waals surface area contributed by atoms with Crippen LogP contribution in [0.15, 0.2) is 36.4 Å². The summed E-state index contributed by atoms with van der Waals surface area (Å²) < 4.78 is 44.5. The number of hydrogen-bond donors (Lipinski definition) is 3. The molecule has 2 rings (SSSR count). The highest BCUT2D eigenvalue weighted by Gasteiger charge is 2.33. The van der Waals surface area contributed by atoms with Gasteiger partial charge in [0.25, 0.3) is 5.91 Å². The molecule has 0 spiro atoms. The van der Waals surface area contributed by atoms with Crippen LogP contribution in [0, 0.1) is 0 Å². The lowest BCUT2D eigenvalue weighted by Gasteiger charge is -2.15. The number of phenolic OH excluding ortho intramolecular Hbond substituents is 1. The van der Waals surface area contributed by atoms with Crippen molar-refractivity contribution in [1.29, 1.82) is 0 Å².